The molecule has 1 rings (SSSR count). The number of carboxylic acids is 1. The van der Waals surface area contributed by atoms with Gasteiger partial charge in [0.15, 0.2) is 0 Å². The number of nitrogens with zero attached hydrogens (tertiary/aromatic N) is 1. The minimum atomic E-state index is -1.17. The van der Waals surface area contributed by atoms with Crippen LogP contribution in [0.5, 0.6) is 0 Å². The van der Waals surface area contributed by atoms with Gasteiger partial charge in [0.05, 0.1) is 5.69 Å². The molecule has 8 nitrogen and oxygen atoms in total. The third-order valence-corrected chi connectivity index (χ3v) is 3.29. The first-order valence-corrected chi connectivity index (χ1v) is 7.65. The number of rotatable bonds is 8. The molecule has 0 saturated heterocycles. The van der Waals surface area contributed by atoms with Gasteiger partial charge in [-0.3, -0.25) is 9.59 Å². The number of pyridine rings is 1. The standard InChI is InChI=1S/C16H21FN4O4/c1-4-10(14(22)21-11(5-2)16(24)25)20-15(23)12-7-6-9(17)13(19-12)8-18-3/h4,6-7,11,18H,5,8H2,1-3H3,(H,20,23)(H,21,22)(H,24,25)/b10-4-/t11-/m0/s1. The zero-order valence-corrected chi connectivity index (χ0v) is 14.2. The minimum absolute atomic E-state index is 0.0657. The number of carboxylic acid groups (broad SMARTS) is 1. The maximum Gasteiger partial charge on any atom is 0.326 e. The highest BCUT2D eigenvalue weighted by Gasteiger charge is 2.21. The van der Waals surface area contributed by atoms with Crippen molar-refractivity contribution in [1.82, 2.24) is 20.9 Å². The zero-order chi connectivity index (χ0) is 19.0. The molecule has 0 bridgehead atoms. The van der Waals surface area contributed by atoms with Crippen molar-refractivity contribution >= 4 is 17.8 Å². The van der Waals surface area contributed by atoms with E-state index in [1.807, 2.05) is 0 Å². The average molecular weight is 352 g/mol. The largest absolute Gasteiger partial charge is 0.480 e. The Labute approximate surface area is 144 Å². The number of halogens is 1. The first kappa shape index (κ1) is 20.2. The van der Waals surface area contributed by atoms with Gasteiger partial charge in [0.1, 0.15) is 23.3 Å². The average Bonchev–Trinajstić information content (AvgIpc) is 2.58. The number of carbonyl (C=O) groups is 3. The Kier molecular flexibility index (Phi) is 7.67. The van der Waals surface area contributed by atoms with Crippen molar-refractivity contribution < 1.29 is 23.9 Å². The monoisotopic (exact) mass is 352 g/mol. The Hall–Kier alpha value is -2.81. The summed E-state index contributed by atoms with van der Waals surface area (Å²) in [5.41, 5.74) is -0.117. The summed E-state index contributed by atoms with van der Waals surface area (Å²) in [6, 6.07) is 1.24. The van der Waals surface area contributed by atoms with Gasteiger partial charge in [-0.1, -0.05) is 13.0 Å². The van der Waals surface area contributed by atoms with Gasteiger partial charge in [0.25, 0.3) is 11.8 Å². The Morgan fingerprint density at radius 2 is 2.04 bits per heavy atom. The van der Waals surface area contributed by atoms with Crippen LogP contribution in [0.2, 0.25) is 0 Å². The highest BCUT2D eigenvalue weighted by atomic mass is 19.1. The molecule has 0 unspecified atom stereocenters. The summed E-state index contributed by atoms with van der Waals surface area (Å²) in [6.07, 6.45) is 1.53. The number of carbonyl (C=O) groups excluding carboxylic acids is 2. The molecule has 0 aliphatic rings. The number of hydrogen-bond donors (Lipinski definition) is 4. The van der Waals surface area contributed by atoms with Crippen LogP contribution in [0.3, 0.4) is 0 Å². The molecule has 0 radical (unpaired) electrons. The van der Waals surface area contributed by atoms with Crippen LogP contribution in [0.15, 0.2) is 23.9 Å². The van der Waals surface area contributed by atoms with Gasteiger partial charge in [-0.2, -0.15) is 0 Å². The summed E-state index contributed by atoms with van der Waals surface area (Å²) in [6.45, 7) is 3.26. The first-order chi connectivity index (χ1) is 11.8. The third-order valence-electron chi connectivity index (χ3n) is 3.29. The highest BCUT2D eigenvalue weighted by Crippen LogP contribution is 2.07. The molecular weight excluding hydrogens is 331 g/mol. The van der Waals surface area contributed by atoms with E-state index in [4.69, 9.17) is 5.11 Å². The summed E-state index contributed by atoms with van der Waals surface area (Å²) in [7, 11) is 1.61. The van der Waals surface area contributed by atoms with E-state index in [9.17, 15) is 18.8 Å². The maximum absolute atomic E-state index is 13.6. The maximum atomic E-state index is 13.6. The Bertz CT molecular complexity index is 691. The fourth-order valence-corrected chi connectivity index (χ4v) is 1.92. The molecule has 9 heteroatoms. The fourth-order valence-electron chi connectivity index (χ4n) is 1.92. The molecular formula is C16H21FN4O4. The summed E-state index contributed by atoms with van der Waals surface area (Å²) in [4.78, 5) is 39.2. The number of aromatic nitrogens is 1. The molecule has 4 N–H and O–H groups in total. The predicted octanol–water partition coefficient (Wildman–Crippen LogP) is 0.553. The Morgan fingerprint density at radius 1 is 1.36 bits per heavy atom. The van der Waals surface area contributed by atoms with Gasteiger partial charge >= 0.3 is 5.97 Å². The number of hydrogen-bond acceptors (Lipinski definition) is 5. The van der Waals surface area contributed by atoms with E-state index in [2.05, 4.69) is 20.9 Å². The topological polar surface area (TPSA) is 120 Å². The number of allylic oxidation sites excluding steroid dienone is 1. The molecule has 0 aliphatic carbocycles. The van der Waals surface area contributed by atoms with Gasteiger partial charge in [-0.15, -0.1) is 0 Å². The van der Waals surface area contributed by atoms with Crippen LogP contribution >= 0.6 is 0 Å². The number of aliphatic carboxylic acids is 1. The van der Waals surface area contributed by atoms with Gasteiger partial charge in [-0.05, 0) is 32.5 Å². The molecule has 1 heterocycles. The second-order valence-corrected chi connectivity index (χ2v) is 5.08. The van der Waals surface area contributed by atoms with E-state index >= 15 is 0 Å². The molecule has 1 aromatic heterocycles. The normalized spacial score (nSPS) is 12.4. The second kappa shape index (κ2) is 9.48. The number of nitrogens with one attached hydrogen (secondary N) is 3. The minimum Gasteiger partial charge on any atom is -0.480 e. The van der Waals surface area contributed by atoms with Crippen LogP contribution in [0.4, 0.5) is 4.39 Å². The second-order valence-electron chi connectivity index (χ2n) is 5.08. The van der Waals surface area contributed by atoms with E-state index in [1.54, 1.807) is 14.0 Å². The van der Waals surface area contributed by atoms with Crippen molar-refractivity contribution in [3.8, 4) is 0 Å². The van der Waals surface area contributed by atoms with Crippen molar-refractivity contribution in [1.29, 1.82) is 0 Å². The summed E-state index contributed by atoms with van der Waals surface area (Å²) in [5, 5.41) is 16.4. The Balaban J connectivity index is 2.88. The SMILES string of the molecule is C/C=C(\NC(=O)c1ccc(F)c(CNC)n1)C(=O)N[C@@H](CC)C(=O)O. The van der Waals surface area contributed by atoms with Crippen LogP contribution in [-0.4, -0.2) is 41.0 Å². The highest BCUT2D eigenvalue weighted by molar-refractivity contribution is 6.02. The van der Waals surface area contributed by atoms with Crippen LogP contribution in [-0.2, 0) is 16.1 Å². The fraction of sp³-hybridized carbons (Fsp3) is 0.375. The number of amides is 2. The van der Waals surface area contributed by atoms with Gasteiger partial charge < -0.3 is 21.1 Å². The molecule has 0 saturated carbocycles. The molecule has 0 aliphatic heterocycles. The molecule has 1 atom stereocenters. The van der Waals surface area contributed by atoms with Gasteiger partial charge in [-0.25, -0.2) is 14.2 Å². The van der Waals surface area contributed by atoms with Crippen LogP contribution < -0.4 is 16.0 Å². The van der Waals surface area contributed by atoms with Crippen molar-refractivity contribution in [2.45, 2.75) is 32.9 Å². The lowest BCUT2D eigenvalue weighted by Gasteiger charge is -2.14. The third kappa shape index (κ3) is 5.64. The van der Waals surface area contributed by atoms with Gasteiger partial charge in [0, 0.05) is 6.54 Å². The quantitative estimate of drug-likeness (QED) is 0.507. The van der Waals surface area contributed by atoms with Crippen LogP contribution in [0, 0.1) is 5.82 Å². The predicted molar refractivity (Wildman–Crippen MR) is 88.0 cm³/mol. The zero-order valence-electron chi connectivity index (χ0n) is 14.2. The van der Waals surface area contributed by atoms with Crippen LogP contribution in [0.25, 0.3) is 0 Å². The lowest BCUT2D eigenvalue weighted by molar-refractivity contribution is -0.141. The van der Waals surface area contributed by atoms with E-state index < -0.39 is 29.6 Å². The molecule has 1 aromatic rings. The molecule has 136 valence electrons. The smallest absolute Gasteiger partial charge is 0.326 e. The van der Waals surface area contributed by atoms with E-state index in [1.165, 1.54) is 19.1 Å². The molecule has 0 spiro atoms. The molecule has 2 amide bonds. The van der Waals surface area contributed by atoms with Crippen molar-refractivity contribution in [3.05, 3.63) is 41.1 Å². The van der Waals surface area contributed by atoms with E-state index in [0.29, 0.717) is 0 Å². The van der Waals surface area contributed by atoms with Crippen molar-refractivity contribution in [3.63, 3.8) is 0 Å². The molecule has 25 heavy (non-hydrogen) atoms. The summed E-state index contributed by atoms with van der Waals surface area (Å²) < 4.78 is 13.6. The molecule has 0 fully saturated rings. The van der Waals surface area contributed by atoms with Crippen molar-refractivity contribution in [2.24, 2.45) is 0 Å². The van der Waals surface area contributed by atoms with E-state index in [-0.39, 0.29) is 30.1 Å². The van der Waals surface area contributed by atoms with Gasteiger partial charge in [0.2, 0.25) is 0 Å². The van der Waals surface area contributed by atoms with Crippen LogP contribution in [0.1, 0.15) is 36.5 Å². The summed E-state index contributed by atoms with van der Waals surface area (Å²) in [5.74, 6) is -3.16. The molecule has 0 aromatic carbocycles. The first-order valence-electron chi connectivity index (χ1n) is 7.65. The Morgan fingerprint density at radius 3 is 2.56 bits per heavy atom. The van der Waals surface area contributed by atoms with Crippen molar-refractivity contribution in [2.75, 3.05) is 7.05 Å². The lowest BCUT2D eigenvalue weighted by atomic mass is 10.2. The summed E-state index contributed by atoms with van der Waals surface area (Å²) >= 11 is 0. The lowest BCUT2D eigenvalue weighted by Crippen LogP contribution is -2.44. The van der Waals surface area contributed by atoms with E-state index in [0.717, 1.165) is 6.07 Å².